The summed E-state index contributed by atoms with van der Waals surface area (Å²) in [6.07, 6.45) is 1.90. The van der Waals surface area contributed by atoms with Gasteiger partial charge in [0.05, 0.1) is 6.04 Å². The molecule has 1 saturated heterocycles. The minimum absolute atomic E-state index is 0.125. The van der Waals surface area contributed by atoms with Crippen LogP contribution in [0.4, 0.5) is 5.82 Å². The summed E-state index contributed by atoms with van der Waals surface area (Å²) in [6.45, 7) is 18.5. The quantitative estimate of drug-likeness (QED) is 0.746. The highest BCUT2D eigenvalue weighted by atomic mass is 16.5. The molecule has 1 N–H and O–H groups in total. The molecule has 3 heterocycles. The van der Waals surface area contributed by atoms with Gasteiger partial charge in [0.15, 0.2) is 11.6 Å². The number of nitrogens with one attached hydrogen (secondary N) is 1. The number of piperazine rings is 1. The van der Waals surface area contributed by atoms with E-state index in [2.05, 4.69) is 92.0 Å². The lowest BCUT2D eigenvalue weighted by molar-refractivity contribution is 0.00527. The van der Waals surface area contributed by atoms with Crippen LogP contribution < -0.4 is 10.1 Å². The summed E-state index contributed by atoms with van der Waals surface area (Å²) < 4.78 is 6.08. The number of anilines is 1. The van der Waals surface area contributed by atoms with Crippen LogP contribution in [-0.4, -0.2) is 52.6 Å². The molecule has 0 radical (unpaired) electrons. The van der Waals surface area contributed by atoms with Crippen LogP contribution in [0.5, 0.6) is 5.75 Å². The van der Waals surface area contributed by atoms with Gasteiger partial charge in [0.1, 0.15) is 6.61 Å². The van der Waals surface area contributed by atoms with Crippen molar-refractivity contribution in [1.29, 1.82) is 0 Å². The maximum atomic E-state index is 6.08. The minimum atomic E-state index is 0.125. The van der Waals surface area contributed by atoms with E-state index in [-0.39, 0.29) is 5.54 Å². The van der Waals surface area contributed by atoms with Crippen LogP contribution in [0.15, 0.2) is 36.5 Å². The molecule has 0 spiro atoms. The molecule has 2 aromatic rings. The highest BCUT2D eigenvalue weighted by molar-refractivity contribution is 5.56. The van der Waals surface area contributed by atoms with Crippen LogP contribution in [0.25, 0.3) is 0 Å². The first kappa shape index (κ1) is 22.1. The summed E-state index contributed by atoms with van der Waals surface area (Å²) in [5.41, 5.74) is 4.29. The van der Waals surface area contributed by atoms with Gasteiger partial charge in [0, 0.05) is 49.5 Å². The van der Waals surface area contributed by atoms with E-state index < -0.39 is 0 Å². The zero-order chi connectivity index (χ0) is 22.2. The van der Waals surface area contributed by atoms with Crippen LogP contribution in [0.2, 0.25) is 0 Å². The average molecular weight is 423 g/mol. The first-order chi connectivity index (χ1) is 14.7. The highest BCUT2D eigenvalue weighted by Crippen LogP contribution is 2.37. The van der Waals surface area contributed by atoms with Crippen molar-refractivity contribution in [3.8, 4) is 5.75 Å². The molecule has 2 atom stereocenters. The van der Waals surface area contributed by atoms with Crippen molar-refractivity contribution in [2.24, 2.45) is 0 Å². The maximum Gasteiger partial charge on any atom is 0.169 e. The van der Waals surface area contributed by atoms with Gasteiger partial charge >= 0.3 is 0 Å². The second-order valence-corrected chi connectivity index (χ2v) is 10.4. The van der Waals surface area contributed by atoms with E-state index in [1.807, 2.05) is 6.20 Å². The number of aromatic nitrogens is 1. The molecule has 1 fully saturated rings. The van der Waals surface area contributed by atoms with Crippen molar-refractivity contribution in [3.05, 3.63) is 53.2 Å². The Hall–Kier alpha value is -2.11. The predicted octanol–water partition coefficient (Wildman–Crippen LogP) is 5.06. The second-order valence-electron chi connectivity index (χ2n) is 10.4. The summed E-state index contributed by atoms with van der Waals surface area (Å²) in [4.78, 5) is 9.77. The largest absolute Gasteiger partial charge is 0.487 e. The van der Waals surface area contributed by atoms with Gasteiger partial charge in [-0.05, 0) is 50.8 Å². The highest BCUT2D eigenvalue weighted by Gasteiger charge is 2.36. The Morgan fingerprint density at radius 2 is 1.94 bits per heavy atom. The average Bonchev–Trinajstić information content (AvgIpc) is 2.73. The fraction of sp³-hybridized carbons (Fsp3) is 0.577. The number of fused-ring (bicyclic) bond motifs is 1. The van der Waals surface area contributed by atoms with Gasteiger partial charge in [0.25, 0.3) is 0 Å². The van der Waals surface area contributed by atoms with Crippen LogP contribution >= 0.6 is 0 Å². The summed E-state index contributed by atoms with van der Waals surface area (Å²) in [6, 6.07) is 11.8. The predicted molar refractivity (Wildman–Crippen MR) is 128 cm³/mol. The number of benzene rings is 1. The Morgan fingerprint density at radius 1 is 1.16 bits per heavy atom. The second kappa shape index (κ2) is 8.79. The molecule has 0 bridgehead atoms. The van der Waals surface area contributed by atoms with E-state index in [9.17, 15) is 0 Å². The topological polar surface area (TPSA) is 40.6 Å². The first-order valence-corrected chi connectivity index (χ1v) is 11.7. The SMILES string of the molecule is CC1COc2c(CN3CCN(C(C)(C)C)C(c4ccccc4C(C)C)C3)ccnc2N1. The van der Waals surface area contributed by atoms with E-state index in [1.54, 1.807) is 0 Å². The Balaban J connectivity index is 1.61. The third-order valence-electron chi connectivity index (χ3n) is 6.54. The van der Waals surface area contributed by atoms with Crippen LogP contribution in [-0.2, 0) is 6.54 Å². The molecular formula is C26H38N4O. The fourth-order valence-corrected chi connectivity index (χ4v) is 4.99. The van der Waals surface area contributed by atoms with Gasteiger partial charge in [-0.15, -0.1) is 0 Å². The normalized spacial score (nSPS) is 22.7. The molecule has 2 unspecified atom stereocenters. The molecule has 5 heteroatoms. The van der Waals surface area contributed by atoms with E-state index in [0.29, 0.717) is 24.6 Å². The van der Waals surface area contributed by atoms with Crippen molar-refractivity contribution in [3.63, 3.8) is 0 Å². The van der Waals surface area contributed by atoms with Gasteiger partial charge in [0.2, 0.25) is 0 Å². The Kier molecular flexibility index (Phi) is 6.27. The standard InChI is InChI=1S/C26H38N4O/c1-18(2)21-9-7-8-10-22(21)23-16-29(13-14-30(23)26(4,5)6)15-20-11-12-27-25-24(20)31-17-19(3)28-25/h7-12,18-19,23H,13-17H2,1-6H3,(H,27,28). The lowest BCUT2D eigenvalue weighted by atomic mass is 9.88. The number of pyridine rings is 1. The molecule has 5 nitrogen and oxygen atoms in total. The lowest BCUT2D eigenvalue weighted by Crippen LogP contribution is -2.55. The van der Waals surface area contributed by atoms with Crippen molar-refractivity contribution >= 4 is 5.82 Å². The van der Waals surface area contributed by atoms with Crippen LogP contribution in [0.1, 0.15) is 70.2 Å². The van der Waals surface area contributed by atoms with Crippen LogP contribution in [0.3, 0.4) is 0 Å². The van der Waals surface area contributed by atoms with Crippen LogP contribution in [0, 0.1) is 0 Å². The fourth-order valence-electron chi connectivity index (χ4n) is 4.99. The number of hydrogen-bond donors (Lipinski definition) is 1. The minimum Gasteiger partial charge on any atom is -0.487 e. The van der Waals surface area contributed by atoms with Crippen molar-refractivity contribution in [1.82, 2.24) is 14.8 Å². The molecule has 31 heavy (non-hydrogen) atoms. The summed E-state index contributed by atoms with van der Waals surface area (Å²) in [7, 11) is 0. The Bertz CT molecular complexity index is 905. The van der Waals surface area contributed by atoms with Crippen molar-refractivity contribution in [2.75, 3.05) is 31.6 Å². The van der Waals surface area contributed by atoms with Gasteiger partial charge in [-0.3, -0.25) is 9.80 Å². The molecule has 2 aliphatic heterocycles. The van der Waals surface area contributed by atoms with Gasteiger partial charge in [-0.2, -0.15) is 0 Å². The Labute approximate surface area is 187 Å². The van der Waals surface area contributed by atoms with E-state index in [4.69, 9.17) is 4.74 Å². The number of rotatable bonds is 4. The van der Waals surface area contributed by atoms with Gasteiger partial charge < -0.3 is 10.1 Å². The van der Waals surface area contributed by atoms with Crippen molar-refractivity contribution < 1.29 is 4.74 Å². The van der Waals surface area contributed by atoms with Gasteiger partial charge in [-0.1, -0.05) is 38.1 Å². The molecule has 2 aliphatic rings. The number of hydrogen-bond acceptors (Lipinski definition) is 5. The molecule has 4 rings (SSSR count). The summed E-state index contributed by atoms with van der Waals surface area (Å²) >= 11 is 0. The zero-order valence-corrected chi connectivity index (χ0v) is 20.0. The summed E-state index contributed by atoms with van der Waals surface area (Å²) in [5, 5.41) is 3.46. The Morgan fingerprint density at radius 3 is 2.68 bits per heavy atom. The summed E-state index contributed by atoms with van der Waals surface area (Å²) in [5.74, 6) is 2.33. The molecule has 0 saturated carbocycles. The zero-order valence-electron chi connectivity index (χ0n) is 20.0. The molecule has 1 aromatic heterocycles. The third kappa shape index (κ3) is 4.73. The molecule has 1 aromatic carbocycles. The third-order valence-corrected chi connectivity index (χ3v) is 6.54. The monoisotopic (exact) mass is 422 g/mol. The maximum absolute atomic E-state index is 6.08. The molecule has 0 aliphatic carbocycles. The lowest BCUT2D eigenvalue weighted by Gasteiger charge is -2.49. The molecular weight excluding hydrogens is 384 g/mol. The first-order valence-electron chi connectivity index (χ1n) is 11.7. The van der Waals surface area contributed by atoms with E-state index in [0.717, 1.165) is 37.7 Å². The van der Waals surface area contributed by atoms with E-state index in [1.165, 1.54) is 16.7 Å². The smallest absolute Gasteiger partial charge is 0.169 e. The van der Waals surface area contributed by atoms with E-state index >= 15 is 0 Å². The van der Waals surface area contributed by atoms with Crippen molar-refractivity contribution in [2.45, 2.75) is 71.6 Å². The van der Waals surface area contributed by atoms with Gasteiger partial charge in [-0.25, -0.2) is 4.98 Å². The number of nitrogens with zero attached hydrogens (tertiary/aromatic N) is 3. The number of ether oxygens (including phenoxy) is 1. The molecule has 168 valence electrons. The molecule has 0 amide bonds.